The number of anilines is 1. The monoisotopic (exact) mass is 560 g/mol. The first-order valence-corrected chi connectivity index (χ1v) is 14.4. The second-order valence-electron chi connectivity index (χ2n) is 11.4. The van der Waals surface area contributed by atoms with Crippen molar-refractivity contribution in [3.63, 3.8) is 0 Å². The van der Waals surface area contributed by atoms with Gasteiger partial charge in [-0.05, 0) is 81.1 Å². The number of hydrogen-bond donors (Lipinski definition) is 0. The van der Waals surface area contributed by atoms with Gasteiger partial charge in [-0.15, -0.1) is 0 Å². The number of rotatable bonds is 6. The highest BCUT2D eigenvalue weighted by Gasteiger charge is 2.48. The molecule has 0 spiro atoms. The molecule has 3 aromatic carbocycles. The number of hydrogen-bond acceptors (Lipinski definition) is 6. The summed E-state index contributed by atoms with van der Waals surface area (Å²) in [7, 11) is 0. The minimum absolute atomic E-state index is 0.114. The summed E-state index contributed by atoms with van der Waals surface area (Å²) in [5.74, 6) is -1.55. The number of Topliss-reactive ketones (excluding diaryl/α,β-unsaturated/α-hetero) is 1. The van der Waals surface area contributed by atoms with Gasteiger partial charge in [0.2, 0.25) is 11.8 Å². The number of carbonyl (C=O) groups excluding carboxylic acids is 4. The van der Waals surface area contributed by atoms with Crippen molar-refractivity contribution in [2.24, 2.45) is 11.8 Å². The van der Waals surface area contributed by atoms with Crippen LogP contribution in [0.4, 0.5) is 5.69 Å². The summed E-state index contributed by atoms with van der Waals surface area (Å²) in [6, 6.07) is 19.8. The van der Waals surface area contributed by atoms with Crippen LogP contribution in [-0.4, -0.2) is 35.2 Å². The third-order valence-electron chi connectivity index (χ3n) is 8.61. The number of aromatic nitrogens is 1. The van der Waals surface area contributed by atoms with E-state index in [0.717, 1.165) is 47.9 Å². The second kappa shape index (κ2) is 11.0. The largest absolute Gasteiger partial charge is 0.454 e. The first-order chi connectivity index (χ1) is 20.2. The Bertz CT molecular complexity index is 1730. The van der Waals surface area contributed by atoms with Crippen LogP contribution in [0.5, 0.6) is 0 Å². The normalized spacial score (nSPS) is 18.3. The fraction of sp³-hybridized carbons (Fsp3) is 0.286. The molecule has 0 bridgehead atoms. The van der Waals surface area contributed by atoms with Crippen LogP contribution in [0.1, 0.15) is 63.1 Å². The molecule has 2 aliphatic rings. The molecule has 1 saturated carbocycles. The molecule has 2 fully saturated rings. The zero-order valence-electron chi connectivity index (χ0n) is 24.0. The van der Waals surface area contributed by atoms with E-state index in [1.165, 1.54) is 4.90 Å². The average molecular weight is 561 g/mol. The molecule has 4 aromatic rings. The lowest BCUT2D eigenvalue weighted by atomic mass is 9.81. The number of nitrogens with zero attached hydrogens (tertiary/aromatic N) is 2. The van der Waals surface area contributed by atoms with Gasteiger partial charge >= 0.3 is 5.97 Å². The van der Waals surface area contributed by atoms with Crippen molar-refractivity contribution in [1.29, 1.82) is 0 Å². The lowest BCUT2D eigenvalue weighted by molar-refractivity contribution is -0.122. The number of esters is 1. The van der Waals surface area contributed by atoms with Gasteiger partial charge in [-0.2, -0.15) is 0 Å². The van der Waals surface area contributed by atoms with Crippen LogP contribution in [0.3, 0.4) is 0 Å². The molecular weight excluding hydrogens is 528 g/mol. The van der Waals surface area contributed by atoms with Gasteiger partial charge < -0.3 is 4.74 Å². The molecule has 1 aromatic heterocycles. The minimum Gasteiger partial charge on any atom is -0.454 e. The molecule has 1 saturated heterocycles. The number of benzene rings is 3. The van der Waals surface area contributed by atoms with Crippen molar-refractivity contribution in [2.45, 2.75) is 46.5 Å². The second-order valence-corrected chi connectivity index (χ2v) is 11.4. The smallest absolute Gasteiger partial charge is 0.339 e. The van der Waals surface area contributed by atoms with Crippen LogP contribution in [0.25, 0.3) is 22.2 Å². The molecule has 0 unspecified atom stereocenters. The first-order valence-electron chi connectivity index (χ1n) is 14.4. The maximum absolute atomic E-state index is 13.4. The van der Waals surface area contributed by atoms with Crippen molar-refractivity contribution in [2.75, 3.05) is 11.5 Å². The molecule has 42 heavy (non-hydrogen) atoms. The zero-order chi connectivity index (χ0) is 29.5. The lowest BCUT2D eigenvalue weighted by Gasteiger charge is -2.19. The van der Waals surface area contributed by atoms with E-state index in [4.69, 9.17) is 9.72 Å². The Morgan fingerprint density at radius 3 is 2.19 bits per heavy atom. The van der Waals surface area contributed by atoms with Gasteiger partial charge in [0.25, 0.3) is 0 Å². The Morgan fingerprint density at radius 1 is 0.833 bits per heavy atom. The van der Waals surface area contributed by atoms with Gasteiger partial charge in [0.1, 0.15) is 0 Å². The third-order valence-corrected chi connectivity index (χ3v) is 8.61. The van der Waals surface area contributed by atoms with Crippen LogP contribution in [-0.2, 0) is 14.3 Å². The van der Waals surface area contributed by atoms with Crippen LogP contribution in [0.2, 0.25) is 0 Å². The molecular formula is C35H32N2O5. The van der Waals surface area contributed by atoms with E-state index in [0.29, 0.717) is 33.4 Å². The van der Waals surface area contributed by atoms with E-state index in [1.807, 2.05) is 45.0 Å². The molecule has 2 heterocycles. The predicted octanol–water partition coefficient (Wildman–Crippen LogP) is 6.55. The lowest BCUT2D eigenvalue weighted by Crippen LogP contribution is -2.30. The average Bonchev–Trinajstić information content (AvgIpc) is 3.26. The van der Waals surface area contributed by atoms with Crippen LogP contribution in [0, 0.1) is 32.6 Å². The number of fused-ring (bicyclic) bond motifs is 2. The zero-order valence-corrected chi connectivity index (χ0v) is 24.0. The van der Waals surface area contributed by atoms with Crippen molar-refractivity contribution in [3.05, 3.63) is 94.5 Å². The van der Waals surface area contributed by atoms with E-state index in [-0.39, 0.29) is 36.0 Å². The first kappa shape index (κ1) is 27.5. The number of pyridine rings is 1. The summed E-state index contributed by atoms with van der Waals surface area (Å²) in [4.78, 5) is 58.3. The molecule has 7 heteroatoms. The maximum atomic E-state index is 13.4. The maximum Gasteiger partial charge on any atom is 0.339 e. The molecule has 2 amide bonds. The molecule has 0 N–H and O–H groups in total. The van der Waals surface area contributed by atoms with Gasteiger partial charge in [0.05, 0.1) is 34.3 Å². The molecule has 0 radical (unpaired) electrons. The number of carbonyl (C=O) groups is 4. The van der Waals surface area contributed by atoms with Crippen LogP contribution >= 0.6 is 0 Å². The highest BCUT2D eigenvalue weighted by molar-refractivity contribution is 6.22. The summed E-state index contributed by atoms with van der Waals surface area (Å²) < 4.78 is 5.51. The van der Waals surface area contributed by atoms with Crippen LogP contribution in [0.15, 0.2) is 66.7 Å². The summed E-state index contributed by atoms with van der Waals surface area (Å²) >= 11 is 0. The third kappa shape index (κ3) is 5.00. The van der Waals surface area contributed by atoms with Crippen molar-refractivity contribution in [1.82, 2.24) is 4.98 Å². The van der Waals surface area contributed by atoms with Gasteiger partial charge in [-0.25, -0.2) is 9.78 Å². The molecule has 6 rings (SSSR count). The Labute approximate surface area is 244 Å². The van der Waals surface area contributed by atoms with Crippen molar-refractivity contribution in [3.8, 4) is 11.3 Å². The van der Waals surface area contributed by atoms with E-state index < -0.39 is 5.97 Å². The molecule has 7 nitrogen and oxygen atoms in total. The van der Waals surface area contributed by atoms with E-state index >= 15 is 0 Å². The minimum atomic E-state index is -0.612. The number of amides is 2. The number of ether oxygens (including phenoxy) is 1. The Morgan fingerprint density at radius 2 is 1.52 bits per heavy atom. The van der Waals surface area contributed by atoms with E-state index in [2.05, 4.69) is 0 Å². The standard InChI is InChI=1S/C35H32N2O5/c1-20-8-15-30-28(16-20)29(35(41)42-19-32(38)24-10-9-21(2)22(3)17-24)18-31(36-30)23-11-13-25(14-12-23)37-33(39)26-6-4-5-7-27(26)34(37)40/h8-18,26-27H,4-7,19H2,1-3H3/t26-,27-/m1/s1. The van der Waals surface area contributed by atoms with Crippen molar-refractivity contribution >= 4 is 40.2 Å². The number of imide groups is 1. The highest BCUT2D eigenvalue weighted by Crippen LogP contribution is 2.40. The summed E-state index contributed by atoms with van der Waals surface area (Å²) in [5, 5.41) is 0.634. The Balaban J connectivity index is 1.28. The Hall–Kier alpha value is -4.65. The molecule has 212 valence electrons. The van der Waals surface area contributed by atoms with Gasteiger partial charge in [0, 0.05) is 16.5 Å². The van der Waals surface area contributed by atoms with E-state index in [9.17, 15) is 19.2 Å². The fourth-order valence-corrected chi connectivity index (χ4v) is 6.06. The summed E-state index contributed by atoms with van der Waals surface area (Å²) in [6.45, 7) is 5.47. The fourth-order valence-electron chi connectivity index (χ4n) is 6.06. The number of ketones is 1. The number of aryl methyl sites for hydroxylation is 3. The molecule has 1 aliphatic heterocycles. The Kier molecular flexibility index (Phi) is 7.19. The molecule has 1 aliphatic carbocycles. The van der Waals surface area contributed by atoms with Crippen LogP contribution < -0.4 is 4.90 Å². The highest BCUT2D eigenvalue weighted by atomic mass is 16.5. The van der Waals surface area contributed by atoms with Gasteiger partial charge in [-0.3, -0.25) is 19.3 Å². The van der Waals surface area contributed by atoms with Gasteiger partial charge in [0.15, 0.2) is 12.4 Å². The summed E-state index contributed by atoms with van der Waals surface area (Å²) in [5.41, 5.74) is 6.27. The van der Waals surface area contributed by atoms with E-state index in [1.54, 1.807) is 42.5 Å². The van der Waals surface area contributed by atoms with Crippen molar-refractivity contribution < 1.29 is 23.9 Å². The summed E-state index contributed by atoms with van der Waals surface area (Å²) in [6.07, 6.45) is 3.48. The van der Waals surface area contributed by atoms with Gasteiger partial charge in [-0.1, -0.05) is 48.7 Å². The topological polar surface area (TPSA) is 93.6 Å². The quantitative estimate of drug-likeness (QED) is 0.151. The SMILES string of the molecule is Cc1ccc2nc(-c3ccc(N4C(=O)[C@@H]5CCCC[C@H]5C4=O)cc3)cc(C(=O)OCC(=O)c3ccc(C)c(C)c3)c2c1. The molecule has 2 atom stereocenters. The predicted molar refractivity (Wildman–Crippen MR) is 160 cm³/mol.